The summed E-state index contributed by atoms with van der Waals surface area (Å²) in [4.78, 5) is 47.1. The number of aliphatic hydroxyl groups is 1. The van der Waals surface area contributed by atoms with Gasteiger partial charge in [-0.25, -0.2) is 0 Å². The standard InChI is InChI=1S/C16H28N4O6/c1-9(2)6-11(14(24)18-7-13(22)23)19-16(26)12(8-21)20-15(25)10-4-3-5-17-10/h9-12,17,21H,3-8H2,1-2H3,(H,18,24)(H,19,26)(H,20,25)(H,22,23). The minimum Gasteiger partial charge on any atom is -0.480 e. The van der Waals surface area contributed by atoms with Gasteiger partial charge in [-0.2, -0.15) is 0 Å². The molecule has 10 heteroatoms. The Bertz CT molecular complexity index is 519. The number of rotatable bonds is 10. The third-order valence-corrected chi connectivity index (χ3v) is 3.95. The number of carboxylic acids is 1. The summed E-state index contributed by atoms with van der Waals surface area (Å²) in [7, 11) is 0. The molecule has 1 aliphatic heterocycles. The average Bonchev–Trinajstić information content (AvgIpc) is 3.10. The van der Waals surface area contributed by atoms with Crippen molar-refractivity contribution in [3.8, 4) is 0 Å². The van der Waals surface area contributed by atoms with Gasteiger partial charge in [0.2, 0.25) is 17.7 Å². The summed E-state index contributed by atoms with van der Waals surface area (Å²) >= 11 is 0. The van der Waals surface area contributed by atoms with Gasteiger partial charge < -0.3 is 31.5 Å². The van der Waals surface area contributed by atoms with Gasteiger partial charge in [0, 0.05) is 0 Å². The third-order valence-electron chi connectivity index (χ3n) is 3.95. The van der Waals surface area contributed by atoms with Gasteiger partial charge in [0.15, 0.2) is 0 Å². The molecule has 0 spiro atoms. The summed E-state index contributed by atoms with van der Waals surface area (Å²) in [6.45, 7) is 3.24. The Labute approximate surface area is 152 Å². The molecule has 0 aromatic rings. The number of aliphatic hydroxyl groups excluding tert-OH is 1. The van der Waals surface area contributed by atoms with E-state index in [-0.39, 0.29) is 18.2 Å². The van der Waals surface area contributed by atoms with Crippen LogP contribution in [0.25, 0.3) is 0 Å². The second-order valence-corrected chi connectivity index (χ2v) is 6.69. The van der Waals surface area contributed by atoms with E-state index in [4.69, 9.17) is 5.11 Å². The zero-order chi connectivity index (χ0) is 19.7. The fourth-order valence-electron chi connectivity index (χ4n) is 2.64. The Morgan fingerprint density at radius 1 is 1.12 bits per heavy atom. The van der Waals surface area contributed by atoms with Crippen molar-refractivity contribution >= 4 is 23.7 Å². The van der Waals surface area contributed by atoms with Gasteiger partial charge in [-0.05, 0) is 31.7 Å². The number of hydrogen-bond acceptors (Lipinski definition) is 6. The highest BCUT2D eigenvalue weighted by Gasteiger charge is 2.29. The van der Waals surface area contributed by atoms with E-state index in [9.17, 15) is 24.3 Å². The maximum absolute atomic E-state index is 12.4. The van der Waals surface area contributed by atoms with Crippen LogP contribution in [0.15, 0.2) is 0 Å². The van der Waals surface area contributed by atoms with E-state index in [1.54, 1.807) is 0 Å². The molecular weight excluding hydrogens is 344 g/mol. The first-order valence-electron chi connectivity index (χ1n) is 8.69. The summed E-state index contributed by atoms with van der Waals surface area (Å²) in [5, 5.41) is 28.2. The summed E-state index contributed by atoms with van der Waals surface area (Å²) < 4.78 is 0. The highest BCUT2D eigenvalue weighted by atomic mass is 16.4. The Hall–Kier alpha value is -2.20. The van der Waals surface area contributed by atoms with Crippen molar-refractivity contribution in [3.05, 3.63) is 0 Å². The molecule has 0 bridgehead atoms. The fraction of sp³-hybridized carbons (Fsp3) is 0.750. The molecule has 148 valence electrons. The summed E-state index contributed by atoms with van der Waals surface area (Å²) in [6, 6.07) is -2.55. The zero-order valence-electron chi connectivity index (χ0n) is 15.1. The molecule has 3 unspecified atom stereocenters. The molecule has 1 fully saturated rings. The molecule has 0 radical (unpaired) electrons. The van der Waals surface area contributed by atoms with Crippen LogP contribution in [0.3, 0.4) is 0 Å². The van der Waals surface area contributed by atoms with E-state index in [1.807, 2.05) is 13.8 Å². The number of amides is 3. The van der Waals surface area contributed by atoms with E-state index in [0.717, 1.165) is 6.42 Å². The molecule has 3 amide bonds. The molecule has 0 aliphatic carbocycles. The number of hydrogen-bond donors (Lipinski definition) is 6. The Kier molecular flexibility index (Phi) is 9.00. The van der Waals surface area contributed by atoms with Crippen molar-refractivity contribution in [1.82, 2.24) is 21.3 Å². The quantitative estimate of drug-likeness (QED) is 0.258. The van der Waals surface area contributed by atoms with Gasteiger partial charge in [-0.15, -0.1) is 0 Å². The molecule has 0 aromatic heterocycles. The van der Waals surface area contributed by atoms with Crippen molar-refractivity contribution in [3.63, 3.8) is 0 Å². The monoisotopic (exact) mass is 372 g/mol. The van der Waals surface area contributed by atoms with Gasteiger partial charge in [0.25, 0.3) is 0 Å². The lowest BCUT2D eigenvalue weighted by Crippen LogP contribution is -2.57. The molecule has 0 aromatic carbocycles. The van der Waals surface area contributed by atoms with E-state index in [1.165, 1.54) is 0 Å². The lowest BCUT2D eigenvalue weighted by molar-refractivity contribution is -0.138. The van der Waals surface area contributed by atoms with Crippen LogP contribution >= 0.6 is 0 Å². The highest BCUT2D eigenvalue weighted by molar-refractivity contribution is 5.93. The van der Waals surface area contributed by atoms with E-state index in [0.29, 0.717) is 13.0 Å². The molecule has 10 nitrogen and oxygen atoms in total. The topological polar surface area (TPSA) is 157 Å². The van der Waals surface area contributed by atoms with Crippen LogP contribution in [0, 0.1) is 5.92 Å². The molecule has 1 rings (SSSR count). The molecule has 3 atom stereocenters. The first-order valence-corrected chi connectivity index (χ1v) is 8.69. The van der Waals surface area contributed by atoms with E-state index in [2.05, 4.69) is 21.3 Å². The normalized spacial score (nSPS) is 18.8. The van der Waals surface area contributed by atoms with Crippen molar-refractivity contribution in [2.75, 3.05) is 19.7 Å². The molecule has 1 heterocycles. The number of nitrogens with one attached hydrogen (secondary N) is 4. The van der Waals surface area contributed by atoms with Crippen LogP contribution < -0.4 is 21.3 Å². The lowest BCUT2D eigenvalue weighted by Gasteiger charge is -2.24. The van der Waals surface area contributed by atoms with Crippen molar-refractivity contribution in [1.29, 1.82) is 0 Å². The van der Waals surface area contributed by atoms with Crippen molar-refractivity contribution in [2.24, 2.45) is 5.92 Å². The maximum atomic E-state index is 12.4. The SMILES string of the molecule is CC(C)CC(NC(=O)C(CO)NC(=O)C1CCCN1)C(=O)NCC(=O)O. The first kappa shape index (κ1) is 21.8. The average molecular weight is 372 g/mol. The Morgan fingerprint density at radius 3 is 2.31 bits per heavy atom. The predicted octanol–water partition coefficient (Wildman–Crippen LogP) is -2.05. The lowest BCUT2D eigenvalue weighted by atomic mass is 10.0. The molecule has 0 saturated carbocycles. The van der Waals surface area contributed by atoms with Gasteiger partial charge in [0.1, 0.15) is 18.6 Å². The smallest absolute Gasteiger partial charge is 0.322 e. The van der Waals surface area contributed by atoms with Gasteiger partial charge in [-0.3, -0.25) is 19.2 Å². The molecule has 6 N–H and O–H groups in total. The van der Waals surface area contributed by atoms with Crippen LogP contribution in [0.1, 0.15) is 33.1 Å². The van der Waals surface area contributed by atoms with Crippen LogP contribution in [0.5, 0.6) is 0 Å². The zero-order valence-corrected chi connectivity index (χ0v) is 15.1. The van der Waals surface area contributed by atoms with Gasteiger partial charge in [0.05, 0.1) is 12.6 Å². The largest absolute Gasteiger partial charge is 0.480 e. The van der Waals surface area contributed by atoms with Crippen LogP contribution in [0.4, 0.5) is 0 Å². The van der Waals surface area contributed by atoms with Crippen LogP contribution in [-0.2, 0) is 19.2 Å². The summed E-state index contributed by atoms with van der Waals surface area (Å²) in [6.07, 6.45) is 1.79. The number of carboxylic acid groups (broad SMARTS) is 1. The van der Waals surface area contributed by atoms with Gasteiger partial charge >= 0.3 is 5.97 Å². The van der Waals surface area contributed by atoms with Crippen molar-refractivity contribution < 1.29 is 29.4 Å². The molecular formula is C16H28N4O6. The Balaban J connectivity index is 2.67. The second-order valence-electron chi connectivity index (χ2n) is 6.69. The fourth-order valence-corrected chi connectivity index (χ4v) is 2.64. The summed E-state index contributed by atoms with van der Waals surface area (Å²) in [5.41, 5.74) is 0. The number of carbonyl (C=O) groups is 4. The van der Waals surface area contributed by atoms with E-state index < -0.39 is 49.1 Å². The van der Waals surface area contributed by atoms with Crippen molar-refractivity contribution in [2.45, 2.75) is 51.2 Å². The summed E-state index contributed by atoms with van der Waals surface area (Å²) in [5.74, 6) is -2.85. The van der Waals surface area contributed by atoms with Crippen LogP contribution in [0.2, 0.25) is 0 Å². The minimum atomic E-state index is -1.20. The Morgan fingerprint density at radius 2 is 1.81 bits per heavy atom. The number of carbonyl (C=O) groups excluding carboxylic acids is 3. The number of aliphatic carboxylic acids is 1. The van der Waals surface area contributed by atoms with Crippen LogP contribution in [-0.4, -0.2) is 71.7 Å². The highest BCUT2D eigenvalue weighted by Crippen LogP contribution is 2.07. The minimum absolute atomic E-state index is 0.0562. The van der Waals surface area contributed by atoms with E-state index >= 15 is 0 Å². The molecule has 1 aliphatic rings. The molecule has 26 heavy (non-hydrogen) atoms. The predicted molar refractivity (Wildman–Crippen MR) is 92.1 cm³/mol. The molecule has 1 saturated heterocycles. The van der Waals surface area contributed by atoms with Gasteiger partial charge in [-0.1, -0.05) is 13.8 Å². The second kappa shape index (κ2) is 10.7. The first-order chi connectivity index (χ1) is 12.2. The third kappa shape index (κ3) is 7.36. The maximum Gasteiger partial charge on any atom is 0.322 e.